The molecule has 0 aliphatic carbocycles. The molecular weight excluding hydrogens is 404 g/mol. The summed E-state index contributed by atoms with van der Waals surface area (Å²) >= 11 is 3.35. The quantitative estimate of drug-likeness (QED) is 0.649. The highest BCUT2D eigenvalue weighted by atomic mass is 79.9. The van der Waals surface area contributed by atoms with Gasteiger partial charge in [0, 0.05) is 24.1 Å². The van der Waals surface area contributed by atoms with Crippen molar-refractivity contribution in [3.05, 3.63) is 58.6 Å². The predicted molar refractivity (Wildman–Crippen MR) is 103 cm³/mol. The van der Waals surface area contributed by atoms with Gasteiger partial charge in [-0.3, -0.25) is 0 Å². The van der Waals surface area contributed by atoms with Crippen molar-refractivity contribution in [1.82, 2.24) is 9.21 Å². The second kappa shape index (κ2) is 8.80. The van der Waals surface area contributed by atoms with Crippen LogP contribution >= 0.6 is 15.9 Å². The fourth-order valence-electron chi connectivity index (χ4n) is 2.37. The maximum atomic E-state index is 13.3. The smallest absolute Gasteiger partial charge is 0.247 e. The normalized spacial score (nSPS) is 11.9. The van der Waals surface area contributed by atoms with Crippen LogP contribution in [0.5, 0.6) is 5.75 Å². The molecule has 0 saturated carbocycles. The zero-order chi connectivity index (χ0) is 18.4. The SMILES string of the molecule is COc1ccc(Br)cc1S(=O)(=O)N(CCN(C)C)Cc1ccccc1. The van der Waals surface area contributed by atoms with Crippen molar-refractivity contribution in [2.75, 3.05) is 34.3 Å². The van der Waals surface area contributed by atoms with Gasteiger partial charge in [-0.05, 0) is 37.9 Å². The fourth-order valence-corrected chi connectivity index (χ4v) is 4.49. The molecule has 5 nitrogen and oxygen atoms in total. The highest BCUT2D eigenvalue weighted by Crippen LogP contribution is 2.30. The standard InChI is InChI=1S/C18H23BrN2O3S/c1-20(2)11-12-21(14-15-7-5-4-6-8-15)25(22,23)18-13-16(19)9-10-17(18)24-3/h4-10,13H,11-12,14H2,1-3H3. The summed E-state index contributed by atoms with van der Waals surface area (Å²) in [6.07, 6.45) is 0. The van der Waals surface area contributed by atoms with Gasteiger partial charge in [-0.25, -0.2) is 8.42 Å². The van der Waals surface area contributed by atoms with E-state index in [0.717, 1.165) is 5.56 Å². The Bertz CT molecular complexity index is 795. The Labute approximate surface area is 158 Å². The Morgan fingerprint density at radius 2 is 1.72 bits per heavy atom. The van der Waals surface area contributed by atoms with Crippen molar-refractivity contribution in [2.24, 2.45) is 0 Å². The summed E-state index contributed by atoms with van der Waals surface area (Å²) in [7, 11) is 1.61. The number of likely N-dealkylation sites (N-methyl/N-ethyl adjacent to an activating group) is 1. The first-order valence-electron chi connectivity index (χ1n) is 7.87. The minimum absolute atomic E-state index is 0.166. The topological polar surface area (TPSA) is 49.9 Å². The van der Waals surface area contributed by atoms with Crippen LogP contribution in [0.4, 0.5) is 0 Å². The number of halogens is 1. The van der Waals surface area contributed by atoms with Crippen LogP contribution in [0, 0.1) is 0 Å². The van der Waals surface area contributed by atoms with Gasteiger partial charge in [0.25, 0.3) is 0 Å². The van der Waals surface area contributed by atoms with Crippen molar-refractivity contribution in [3.8, 4) is 5.75 Å². The van der Waals surface area contributed by atoms with E-state index in [1.807, 2.05) is 49.3 Å². The Morgan fingerprint density at radius 1 is 1.04 bits per heavy atom. The summed E-state index contributed by atoms with van der Waals surface area (Å²) in [5.41, 5.74) is 0.943. The van der Waals surface area contributed by atoms with Crippen LogP contribution < -0.4 is 4.74 Å². The summed E-state index contributed by atoms with van der Waals surface area (Å²) in [4.78, 5) is 2.13. The van der Waals surface area contributed by atoms with Crippen LogP contribution in [0.15, 0.2) is 57.9 Å². The highest BCUT2D eigenvalue weighted by Gasteiger charge is 2.28. The van der Waals surface area contributed by atoms with Crippen molar-refractivity contribution in [1.29, 1.82) is 0 Å². The van der Waals surface area contributed by atoms with Gasteiger partial charge in [-0.2, -0.15) is 4.31 Å². The number of nitrogens with zero attached hydrogens (tertiary/aromatic N) is 2. The molecule has 2 aromatic rings. The lowest BCUT2D eigenvalue weighted by molar-refractivity contribution is 0.327. The van der Waals surface area contributed by atoms with Gasteiger partial charge in [-0.1, -0.05) is 46.3 Å². The molecule has 136 valence electrons. The molecule has 0 heterocycles. The van der Waals surface area contributed by atoms with Gasteiger partial charge in [0.2, 0.25) is 10.0 Å². The molecule has 0 fully saturated rings. The molecule has 0 radical (unpaired) electrons. The van der Waals surface area contributed by atoms with Gasteiger partial charge in [-0.15, -0.1) is 0 Å². The average Bonchev–Trinajstić information content (AvgIpc) is 2.59. The van der Waals surface area contributed by atoms with E-state index in [0.29, 0.717) is 29.9 Å². The second-order valence-corrected chi connectivity index (χ2v) is 8.74. The third-order valence-electron chi connectivity index (χ3n) is 3.74. The van der Waals surface area contributed by atoms with Crippen LogP contribution in [0.3, 0.4) is 0 Å². The van der Waals surface area contributed by atoms with Crippen molar-refractivity contribution in [3.63, 3.8) is 0 Å². The monoisotopic (exact) mass is 426 g/mol. The van der Waals surface area contributed by atoms with E-state index >= 15 is 0 Å². The van der Waals surface area contributed by atoms with Crippen molar-refractivity contribution >= 4 is 26.0 Å². The Kier molecular flexibility index (Phi) is 7.01. The predicted octanol–water partition coefficient (Wildman–Crippen LogP) is 3.21. The first kappa shape index (κ1) is 19.9. The molecule has 0 unspecified atom stereocenters. The lowest BCUT2D eigenvalue weighted by atomic mass is 10.2. The van der Waals surface area contributed by atoms with Crippen LogP contribution in [0.2, 0.25) is 0 Å². The zero-order valence-corrected chi connectivity index (χ0v) is 17.0. The molecule has 2 aromatic carbocycles. The third kappa shape index (κ3) is 5.28. The Hall–Kier alpha value is -1.41. The van der Waals surface area contributed by atoms with Crippen molar-refractivity contribution < 1.29 is 13.2 Å². The summed E-state index contributed by atoms with van der Waals surface area (Å²) in [5, 5.41) is 0. The van der Waals surface area contributed by atoms with Gasteiger partial charge < -0.3 is 9.64 Å². The number of methoxy groups -OCH3 is 1. The third-order valence-corrected chi connectivity index (χ3v) is 6.10. The van der Waals surface area contributed by atoms with E-state index in [4.69, 9.17) is 4.74 Å². The van der Waals surface area contributed by atoms with E-state index in [1.165, 1.54) is 11.4 Å². The number of hydrogen-bond donors (Lipinski definition) is 0. The summed E-state index contributed by atoms with van der Waals surface area (Å²) in [6.45, 7) is 1.33. The molecule has 2 rings (SSSR count). The minimum atomic E-state index is -3.71. The first-order valence-corrected chi connectivity index (χ1v) is 10.1. The highest BCUT2D eigenvalue weighted by molar-refractivity contribution is 9.10. The van der Waals surface area contributed by atoms with E-state index < -0.39 is 10.0 Å². The fraction of sp³-hybridized carbons (Fsp3) is 0.333. The van der Waals surface area contributed by atoms with Crippen LogP contribution in [0.1, 0.15) is 5.56 Å². The van der Waals surface area contributed by atoms with Crippen LogP contribution in [0.25, 0.3) is 0 Å². The number of benzene rings is 2. The molecule has 0 bridgehead atoms. The Balaban J connectivity index is 2.42. The van der Waals surface area contributed by atoms with Gasteiger partial charge in [0.1, 0.15) is 10.6 Å². The van der Waals surface area contributed by atoms with Crippen LogP contribution in [-0.4, -0.2) is 51.9 Å². The lowest BCUT2D eigenvalue weighted by Crippen LogP contribution is -2.36. The molecular formula is C18H23BrN2O3S. The van der Waals surface area contributed by atoms with E-state index in [2.05, 4.69) is 15.9 Å². The number of rotatable bonds is 8. The maximum absolute atomic E-state index is 13.3. The summed E-state index contributed by atoms with van der Waals surface area (Å²) < 4.78 is 34.0. The minimum Gasteiger partial charge on any atom is -0.495 e. The number of hydrogen-bond acceptors (Lipinski definition) is 4. The zero-order valence-electron chi connectivity index (χ0n) is 14.6. The summed E-state index contributed by atoms with van der Waals surface area (Å²) in [6, 6.07) is 14.6. The van der Waals surface area contributed by atoms with Gasteiger partial charge in [0.15, 0.2) is 0 Å². The molecule has 0 aromatic heterocycles. The van der Waals surface area contributed by atoms with Crippen molar-refractivity contribution in [2.45, 2.75) is 11.4 Å². The first-order chi connectivity index (χ1) is 11.8. The molecule has 7 heteroatoms. The largest absolute Gasteiger partial charge is 0.495 e. The number of sulfonamides is 1. The van der Waals surface area contributed by atoms with E-state index in [1.54, 1.807) is 18.2 Å². The van der Waals surface area contributed by atoms with E-state index in [9.17, 15) is 8.42 Å². The summed E-state index contributed by atoms with van der Waals surface area (Å²) in [5.74, 6) is 0.339. The van der Waals surface area contributed by atoms with Crippen LogP contribution in [-0.2, 0) is 16.6 Å². The number of ether oxygens (including phenoxy) is 1. The molecule has 0 aliphatic heterocycles. The Morgan fingerprint density at radius 3 is 2.32 bits per heavy atom. The molecule has 0 atom stereocenters. The second-order valence-electron chi connectivity index (χ2n) is 5.92. The molecule has 0 saturated heterocycles. The van der Waals surface area contributed by atoms with Gasteiger partial charge in [0.05, 0.1) is 7.11 Å². The molecule has 25 heavy (non-hydrogen) atoms. The van der Waals surface area contributed by atoms with Gasteiger partial charge >= 0.3 is 0 Å². The molecule has 0 N–H and O–H groups in total. The maximum Gasteiger partial charge on any atom is 0.247 e. The average molecular weight is 427 g/mol. The molecule has 0 aliphatic rings. The lowest BCUT2D eigenvalue weighted by Gasteiger charge is -2.25. The molecule has 0 spiro atoms. The molecule has 0 amide bonds. The van der Waals surface area contributed by atoms with E-state index in [-0.39, 0.29) is 4.90 Å².